The van der Waals surface area contributed by atoms with Gasteiger partial charge in [0.1, 0.15) is 11.6 Å². The van der Waals surface area contributed by atoms with Crippen LogP contribution in [0.3, 0.4) is 0 Å². The Balaban J connectivity index is 2.38. The van der Waals surface area contributed by atoms with Crippen molar-refractivity contribution >= 4 is 12.2 Å². The standard InChI is InChI=1S/C15H10F3N3O/c1-9-12(8-19)14(22)21-20-13(9)6-5-10-3-2-4-11(7-10)15(16,17)18/h2-7H,1H3,(H,21,22). The molecule has 0 fully saturated rings. The normalized spacial score (nSPS) is 11.6. The van der Waals surface area contributed by atoms with Crippen molar-refractivity contribution in [2.45, 2.75) is 13.1 Å². The van der Waals surface area contributed by atoms with Crippen LogP contribution >= 0.6 is 0 Å². The van der Waals surface area contributed by atoms with E-state index in [2.05, 4.69) is 10.2 Å². The molecular weight excluding hydrogens is 295 g/mol. The van der Waals surface area contributed by atoms with Crippen molar-refractivity contribution in [1.82, 2.24) is 10.2 Å². The summed E-state index contributed by atoms with van der Waals surface area (Å²) in [5, 5.41) is 14.8. The first-order valence-corrected chi connectivity index (χ1v) is 6.17. The number of nitrogens with zero attached hydrogens (tertiary/aromatic N) is 2. The van der Waals surface area contributed by atoms with Gasteiger partial charge < -0.3 is 0 Å². The highest BCUT2D eigenvalue weighted by molar-refractivity contribution is 5.70. The van der Waals surface area contributed by atoms with Crippen molar-refractivity contribution in [2.24, 2.45) is 0 Å². The molecule has 22 heavy (non-hydrogen) atoms. The minimum atomic E-state index is -4.41. The number of aromatic nitrogens is 2. The monoisotopic (exact) mass is 305 g/mol. The van der Waals surface area contributed by atoms with Crippen molar-refractivity contribution in [3.8, 4) is 6.07 Å². The molecule has 112 valence electrons. The van der Waals surface area contributed by atoms with Crippen LogP contribution in [0.5, 0.6) is 0 Å². The Morgan fingerprint density at radius 1 is 1.32 bits per heavy atom. The summed E-state index contributed by atoms with van der Waals surface area (Å²) in [4.78, 5) is 11.4. The summed E-state index contributed by atoms with van der Waals surface area (Å²) in [7, 11) is 0. The number of hydrogen-bond donors (Lipinski definition) is 1. The van der Waals surface area contributed by atoms with Crippen LogP contribution < -0.4 is 5.56 Å². The third-order valence-electron chi connectivity index (χ3n) is 3.02. The maximum atomic E-state index is 12.6. The lowest BCUT2D eigenvalue weighted by Crippen LogP contribution is -2.15. The molecule has 0 atom stereocenters. The third kappa shape index (κ3) is 3.23. The number of nitriles is 1. The lowest BCUT2D eigenvalue weighted by Gasteiger charge is -2.06. The summed E-state index contributed by atoms with van der Waals surface area (Å²) in [6, 6.07) is 6.56. The van der Waals surface area contributed by atoms with Gasteiger partial charge in [0.25, 0.3) is 5.56 Å². The molecule has 1 aromatic carbocycles. The highest BCUT2D eigenvalue weighted by Gasteiger charge is 2.30. The van der Waals surface area contributed by atoms with Crippen LogP contribution in [0, 0.1) is 18.3 Å². The van der Waals surface area contributed by atoms with Crippen LogP contribution in [0.25, 0.3) is 12.2 Å². The van der Waals surface area contributed by atoms with Crippen LogP contribution in [0.15, 0.2) is 29.1 Å². The molecule has 0 aliphatic heterocycles. The number of halogens is 3. The minimum absolute atomic E-state index is 0.0707. The van der Waals surface area contributed by atoms with E-state index in [9.17, 15) is 18.0 Å². The Bertz CT molecular complexity index is 829. The molecule has 0 saturated heterocycles. The van der Waals surface area contributed by atoms with Crippen molar-refractivity contribution < 1.29 is 13.2 Å². The molecule has 0 bridgehead atoms. The van der Waals surface area contributed by atoms with E-state index < -0.39 is 17.3 Å². The lowest BCUT2D eigenvalue weighted by molar-refractivity contribution is -0.137. The molecule has 0 amide bonds. The second-order valence-electron chi connectivity index (χ2n) is 4.51. The molecular formula is C15H10F3N3O. The van der Waals surface area contributed by atoms with Gasteiger partial charge >= 0.3 is 6.18 Å². The molecule has 1 N–H and O–H groups in total. The first-order chi connectivity index (χ1) is 10.3. The SMILES string of the molecule is Cc1c(C=Cc2cccc(C(F)(F)F)c2)n[nH]c(=O)c1C#N. The molecule has 7 heteroatoms. The van der Waals surface area contributed by atoms with Gasteiger partial charge in [-0.25, -0.2) is 5.10 Å². The van der Waals surface area contributed by atoms with Gasteiger partial charge in [0.2, 0.25) is 0 Å². The fourth-order valence-corrected chi connectivity index (χ4v) is 1.84. The lowest BCUT2D eigenvalue weighted by atomic mass is 10.1. The maximum Gasteiger partial charge on any atom is 0.416 e. The molecule has 0 saturated carbocycles. The molecule has 4 nitrogen and oxygen atoms in total. The number of nitrogens with one attached hydrogen (secondary N) is 1. The number of rotatable bonds is 2. The number of hydrogen-bond acceptors (Lipinski definition) is 3. The zero-order chi connectivity index (χ0) is 16.3. The first-order valence-electron chi connectivity index (χ1n) is 6.17. The van der Waals surface area contributed by atoms with Crippen LogP contribution in [0.2, 0.25) is 0 Å². The third-order valence-corrected chi connectivity index (χ3v) is 3.02. The van der Waals surface area contributed by atoms with E-state index in [1.807, 2.05) is 0 Å². The molecule has 2 aromatic rings. The van der Waals surface area contributed by atoms with Crippen molar-refractivity contribution in [2.75, 3.05) is 0 Å². The quantitative estimate of drug-likeness (QED) is 0.926. The first kappa shape index (κ1) is 15.5. The highest BCUT2D eigenvalue weighted by Crippen LogP contribution is 2.29. The largest absolute Gasteiger partial charge is 0.416 e. The molecule has 1 aromatic heterocycles. The summed E-state index contributed by atoms with van der Waals surface area (Å²) in [6.45, 7) is 1.55. The number of aromatic amines is 1. The number of alkyl halides is 3. The Morgan fingerprint density at radius 3 is 2.68 bits per heavy atom. The van der Waals surface area contributed by atoms with Crippen LogP contribution in [0.1, 0.15) is 27.9 Å². The van der Waals surface area contributed by atoms with Gasteiger partial charge in [0, 0.05) is 0 Å². The average molecular weight is 305 g/mol. The van der Waals surface area contributed by atoms with Crippen molar-refractivity contribution in [1.29, 1.82) is 5.26 Å². The van der Waals surface area contributed by atoms with E-state index >= 15 is 0 Å². The van der Waals surface area contributed by atoms with Crippen LogP contribution in [0.4, 0.5) is 13.2 Å². The zero-order valence-electron chi connectivity index (χ0n) is 11.4. The van der Waals surface area contributed by atoms with Gasteiger partial charge in [-0.15, -0.1) is 0 Å². The predicted molar refractivity (Wildman–Crippen MR) is 74.7 cm³/mol. The summed E-state index contributed by atoms with van der Waals surface area (Å²) >= 11 is 0. The van der Waals surface area contributed by atoms with E-state index in [0.717, 1.165) is 12.1 Å². The Morgan fingerprint density at radius 2 is 2.05 bits per heavy atom. The van der Waals surface area contributed by atoms with Gasteiger partial charge in [-0.1, -0.05) is 18.2 Å². The summed E-state index contributed by atoms with van der Waals surface area (Å²) in [5.41, 5.74) is -0.405. The van der Waals surface area contributed by atoms with E-state index in [4.69, 9.17) is 5.26 Å². The molecule has 1 heterocycles. The molecule has 2 rings (SSSR count). The molecule has 0 aliphatic rings. The van der Waals surface area contributed by atoms with Crippen LogP contribution in [-0.2, 0) is 6.18 Å². The van der Waals surface area contributed by atoms with Gasteiger partial charge in [-0.2, -0.15) is 23.5 Å². The summed E-state index contributed by atoms with van der Waals surface area (Å²) < 4.78 is 37.9. The van der Waals surface area contributed by atoms with Gasteiger partial charge in [-0.3, -0.25) is 4.79 Å². The minimum Gasteiger partial charge on any atom is -0.267 e. The van der Waals surface area contributed by atoms with Gasteiger partial charge in [0.05, 0.1) is 11.3 Å². The molecule has 0 spiro atoms. The Labute approximate surface area is 123 Å². The van der Waals surface area contributed by atoms with E-state index in [0.29, 0.717) is 16.8 Å². The smallest absolute Gasteiger partial charge is 0.267 e. The van der Waals surface area contributed by atoms with E-state index in [1.165, 1.54) is 24.3 Å². The topological polar surface area (TPSA) is 69.5 Å². The maximum absolute atomic E-state index is 12.6. The van der Waals surface area contributed by atoms with Gasteiger partial charge in [-0.05, 0) is 36.3 Å². The number of benzene rings is 1. The van der Waals surface area contributed by atoms with E-state index in [1.54, 1.807) is 13.0 Å². The zero-order valence-corrected chi connectivity index (χ0v) is 11.4. The Kier molecular flexibility index (Phi) is 4.13. The fraction of sp³-hybridized carbons (Fsp3) is 0.133. The van der Waals surface area contributed by atoms with Crippen LogP contribution in [-0.4, -0.2) is 10.2 Å². The predicted octanol–water partition coefficient (Wildman–Crippen LogP) is 3.14. The number of H-pyrrole nitrogens is 1. The average Bonchev–Trinajstić information content (AvgIpc) is 2.46. The van der Waals surface area contributed by atoms with Gasteiger partial charge in [0.15, 0.2) is 0 Å². The van der Waals surface area contributed by atoms with E-state index in [-0.39, 0.29) is 5.56 Å². The fourth-order valence-electron chi connectivity index (χ4n) is 1.84. The Hall–Kier alpha value is -2.88. The molecule has 0 radical (unpaired) electrons. The summed E-state index contributed by atoms with van der Waals surface area (Å²) in [5.74, 6) is 0. The highest BCUT2D eigenvalue weighted by atomic mass is 19.4. The second-order valence-corrected chi connectivity index (χ2v) is 4.51. The van der Waals surface area contributed by atoms with Crippen molar-refractivity contribution in [3.05, 3.63) is 62.6 Å². The molecule has 0 aliphatic carbocycles. The summed E-state index contributed by atoms with van der Waals surface area (Å²) in [6.07, 6.45) is -1.53. The molecule has 0 unspecified atom stereocenters. The van der Waals surface area contributed by atoms with Crippen molar-refractivity contribution in [3.63, 3.8) is 0 Å². The second kappa shape index (κ2) is 5.85.